The van der Waals surface area contributed by atoms with Crippen LogP contribution in [0.25, 0.3) is 0 Å². The summed E-state index contributed by atoms with van der Waals surface area (Å²) in [5.41, 5.74) is 6.48. The predicted molar refractivity (Wildman–Crippen MR) is 68.3 cm³/mol. The lowest BCUT2D eigenvalue weighted by Gasteiger charge is -2.18. The molecule has 3 heteroatoms. The Hall–Kier alpha value is -1.35. The molecule has 0 spiro atoms. The summed E-state index contributed by atoms with van der Waals surface area (Å²) in [6.45, 7) is 0.860. The zero-order valence-electron chi connectivity index (χ0n) is 10.1. The van der Waals surface area contributed by atoms with Crippen LogP contribution in [-0.4, -0.2) is 12.5 Å². The van der Waals surface area contributed by atoms with E-state index in [1.165, 1.54) is 18.4 Å². The number of rotatable bonds is 7. The maximum absolute atomic E-state index is 10.7. The van der Waals surface area contributed by atoms with E-state index in [1.54, 1.807) is 0 Å². The van der Waals surface area contributed by atoms with Crippen molar-refractivity contribution in [1.29, 1.82) is 0 Å². The number of carbonyl (C=O) groups is 1. The second-order valence-corrected chi connectivity index (χ2v) is 4.75. The van der Waals surface area contributed by atoms with Gasteiger partial charge in [0.25, 0.3) is 0 Å². The van der Waals surface area contributed by atoms with E-state index >= 15 is 0 Å². The van der Waals surface area contributed by atoms with E-state index in [4.69, 9.17) is 5.73 Å². The van der Waals surface area contributed by atoms with Crippen molar-refractivity contribution in [2.45, 2.75) is 31.7 Å². The summed E-state index contributed by atoms with van der Waals surface area (Å²) in [6.07, 6.45) is 3.91. The van der Waals surface area contributed by atoms with Gasteiger partial charge in [0.1, 0.15) is 0 Å². The van der Waals surface area contributed by atoms with Crippen molar-refractivity contribution in [2.24, 2.45) is 11.7 Å². The van der Waals surface area contributed by atoms with E-state index in [9.17, 15) is 4.79 Å². The summed E-state index contributed by atoms with van der Waals surface area (Å²) in [5.74, 6) is 0.556. The molecule has 0 bridgehead atoms. The molecule has 17 heavy (non-hydrogen) atoms. The minimum absolute atomic E-state index is 0.213. The number of primary amides is 1. The van der Waals surface area contributed by atoms with E-state index in [2.05, 4.69) is 29.6 Å². The standard InChI is InChI=1S/C14H20N2O/c15-13(17)7-4-10-16-14(12-8-9-12)11-5-2-1-3-6-11/h1-3,5-6,12,14,16H,4,7-10H2,(H2,15,17). The van der Waals surface area contributed by atoms with Crippen LogP contribution in [0, 0.1) is 5.92 Å². The van der Waals surface area contributed by atoms with E-state index in [0.717, 1.165) is 18.9 Å². The second-order valence-electron chi connectivity index (χ2n) is 4.75. The number of amides is 1. The Morgan fingerprint density at radius 3 is 2.65 bits per heavy atom. The molecule has 1 aromatic rings. The molecule has 1 unspecified atom stereocenters. The quantitative estimate of drug-likeness (QED) is 0.706. The third-order valence-electron chi connectivity index (χ3n) is 3.22. The third-order valence-corrected chi connectivity index (χ3v) is 3.22. The highest BCUT2D eigenvalue weighted by molar-refractivity contribution is 5.73. The van der Waals surface area contributed by atoms with Crippen LogP contribution in [0.4, 0.5) is 0 Å². The lowest BCUT2D eigenvalue weighted by atomic mass is 10.0. The van der Waals surface area contributed by atoms with Crippen LogP contribution in [0.15, 0.2) is 30.3 Å². The highest BCUT2D eigenvalue weighted by Crippen LogP contribution is 2.40. The molecule has 3 nitrogen and oxygen atoms in total. The molecule has 1 atom stereocenters. The normalized spacial score (nSPS) is 16.7. The molecule has 2 rings (SSSR count). The molecular formula is C14H20N2O. The first-order chi connectivity index (χ1) is 8.27. The zero-order chi connectivity index (χ0) is 12.1. The smallest absolute Gasteiger partial charge is 0.217 e. The highest BCUT2D eigenvalue weighted by atomic mass is 16.1. The largest absolute Gasteiger partial charge is 0.370 e. The molecule has 1 fully saturated rings. The van der Waals surface area contributed by atoms with Gasteiger partial charge in [-0.25, -0.2) is 0 Å². The number of nitrogens with one attached hydrogen (secondary N) is 1. The molecule has 0 aromatic heterocycles. The van der Waals surface area contributed by atoms with Crippen LogP contribution in [0.3, 0.4) is 0 Å². The van der Waals surface area contributed by atoms with Gasteiger partial charge in [-0.05, 0) is 37.3 Å². The topological polar surface area (TPSA) is 55.1 Å². The minimum atomic E-state index is -0.213. The molecule has 0 heterocycles. The summed E-state index contributed by atoms with van der Waals surface area (Å²) in [4.78, 5) is 10.7. The first kappa shape index (κ1) is 12.1. The van der Waals surface area contributed by atoms with Crippen molar-refractivity contribution in [3.8, 4) is 0 Å². The Bertz CT molecular complexity index is 360. The molecule has 3 N–H and O–H groups in total. The second kappa shape index (κ2) is 5.82. The summed E-state index contributed by atoms with van der Waals surface area (Å²) in [5, 5.41) is 3.55. The summed E-state index contributed by atoms with van der Waals surface area (Å²) >= 11 is 0. The lowest BCUT2D eigenvalue weighted by Crippen LogP contribution is -2.25. The monoisotopic (exact) mass is 232 g/mol. The van der Waals surface area contributed by atoms with Crippen molar-refractivity contribution in [1.82, 2.24) is 5.32 Å². The summed E-state index contributed by atoms with van der Waals surface area (Å²) in [7, 11) is 0. The SMILES string of the molecule is NC(=O)CCCNC(c1ccccc1)C1CC1. The van der Waals surface area contributed by atoms with Crippen molar-refractivity contribution < 1.29 is 4.79 Å². The maximum atomic E-state index is 10.7. The van der Waals surface area contributed by atoms with Crippen molar-refractivity contribution in [3.63, 3.8) is 0 Å². The van der Waals surface area contributed by atoms with Crippen LogP contribution in [-0.2, 0) is 4.79 Å². The summed E-state index contributed by atoms with van der Waals surface area (Å²) in [6, 6.07) is 11.0. The Balaban J connectivity index is 1.84. The van der Waals surface area contributed by atoms with Gasteiger partial charge in [0.05, 0.1) is 0 Å². The van der Waals surface area contributed by atoms with E-state index in [0.29, 0.717) is 12.5 Å². The molecule has 1 aliphatic rings. The highest BCUT2D eigenvalue weighted by Gasteiger charge is 2.31. The molecule has 1 aromatic carbocycles. The Morgan fingerprint density at radius 1 is 1.35 bits per heavy atom. The van der Waals surface area contributed by atoms with Gasteiger partial charge in [0.15, 0.2) is 0 Å². The van der Waals surface area contributed by atoms with Crippen LogP contribution < -0.4 is 11.1 Å². The maximum Gasteiger partial charge on any atom is 0.217 e. The molecule has 1 amide bonds. The van der Waals surface area contributed by atoms with Gasteiger partial charge in [-0.15, -0.1) is 0 Å². The average Bonchev–Trinajstić information content (AvgIpc) is 3.14. The number of nitrogens with two attached hydrogens (primary N) is 1. The molecule has 0 aliphatic heterocycles. The van der Waals surface area contributed by atoms with Crippen molar-refractivity contribution in [2.75, 3.05) is 6.54 Å². The Labute approximate surface area is 102 Å². The molecule has 1 aliphatic carbocycles. The first-order valence-corrected chi connectivity index (χ1v) is 6.34. The third kappa shape index (κ3) is 3.86. The predicted octanol–water partition coefficient (Wildman–Crippen LogP) is 1.99. The van der Waals surface area contributed by atoms with Gasteiger partial charge >= 0.3 is 0 Å². The van der Waals surface area contributed by atoms with Gasteiger partial charge in [0, 0.05) is 12.5 Å². The fourth-order valence-electron chi connectivity index (χ4n) is 2.17. The van der Waals surface area contributed by atoms with E-state index < -0.39 is 0 Å². The number of benzene rings is 1. The van der Waals surface area contributed by atoms with E-state index in [-0.39, 0.29) is 5.91 Å². The van der Waals surface area contributed by atoms with Crippen molar-refractivity contribution >= 4 is 5.91 Å². The first-order valence-electron chi connectivity index (χ1n) is 6.34. The van der Waals surface area contributed by atoms with Crippen LogP contribution in [0.5, 0.6) is 0 Å². The molecule has 0 radical (unpaired) electrons. The number of carbonyl (C=O) groups excluding carboxylic acids is 1. The molecule has 92 valence electrons. The van der Waals surface area contributed by atoms with Crippen molar-refractivity contribution in [3.05, 3.63) is 35.9 Å². The van der Waals surface area contributed by atoms with Crippen LogP contribution in [0.1, 0.15) is 37.3 Å². The number of hydrogen-bond acceptors (Lipinski definition) is 2. The molecule has 0 saturated heterocycles. The van der Waals surface area contributed by atoms with Gasteiger partial charge in [0.2, 0.25) is 5.91 Å². The van der Waals surface area contributed by atoms with Gasteiger partial charge in [-0.3, -0.25) is 4.79 Å². The van der Waals surface area contributed by atoms with E-state index in [1.807, 2.05) is 6.07 Å². The van der Waals surface area contributed by atoms with Gasteiger partial charge in [-0.1, -0.05) is 30.3 Å². The van der Waals surface area contributed by atoms with Gasteiger partial charge in [-0.2, -0.15) is 0 Å². The number of hydrogen-bond donors (Lipinski definition) is 2. The summed E-state index contributed by atoms with van der Waals surface area (Å²) < 4.78 is 0. The fourth-order valence-corrected chi connectivity index (χ4v) is 2.17. The zero-order valence-corrected chi connectivity index (χ0v) is 10.1. The fraction of sp³-hybridized carbons (Fsp3) is 0.500. The average molecular weight is 232 g/mol. The lowest BCUT2D eigenvalue weighted by molar-refractivity contribution is -0.118. The molecule has 1 saturated carbocycles. The Kier molecular flexibility index (Phi) is 4.15. The minimum Gasteiger partial charge on any atom is -0.370 e. The molecular weight excluding hydrogens is 212 g/mol. The van der Waals surface area contributed by atoms with Crippen LogP contribution >= 0.6 is 0 Å². The van der Waals surface area contributed by atoms with Crippen LogP contribution in [0.2, 0.25) is 0 Å². The van der Waals surface area contributed by atoms with Gasteiger partial charge < -0.3 is 11.1 Å². The Morgan fingerprint density at radius 2 is 2.06 bits per heavy atom.